The zero-order valence-corrected chi connectivity index (χ0v) is 14.5. The van der Waals surface area contributed by atoms with Crippen molar-refractivity contribution in [3.63, 3.8) is 0 Å². The summed E-state index contributed by atoms with van der Waals surface area (Å²) in [6, 6.07) is 15.5. The molecule has 0 unspecified atom stereocenters. The van der Waals surface area contributed by atoms with Crippen molar-refractivity contribution in [1.29, 1.82) is 0 Å². The van der Waals surface area contributed by atoms with Gasteiger partial charge < -0.3 is 39.9 Å². The molecule has 0 bridgehead atoms. The number of aromatic nitrogens is 8. The van der Waals surface area contributed by atoms with Gasteiger partial charge in [-0.2, -0.15) is 0 Å². The van der Waals surface area contributed by atoms with Gasteiger partial charge in [0.15, 0.2) is 0 Å². The van der Waals surface area contributed by atoms with Crippen LogP contribution in [0.2, 0.25) is 0 Å². The topological polar surface area (TPSA) is 108 Å². The molecule has 2 aromatic carbocycles. The van der Waals surface area contributed by atoms with Gasteiger partial charge in [0.1, 0.15) is 0 Å². The number of para-hydroxylation sites is 4. The Morgan fingerprint density at radius 1 is 0.536 bits per heavy atom. The van der Waals surface area contributed by atoms with E-state index in [4.69, 9.17) is 0 Å². The maximum atomic E-state index is 4.44. The van der Waals surface area contributed by atoms with Gasteiger partial charge >= 0.3 is 0 Å². The molecule has 0 N–H and O–H groups in total. The van der Waals surface area contributed by atoms with Gasteiger partial charge in [-0.3, -0.25) is 0 Å². The van der Waals surface area contributed by atoms with E-state index in [9.17, 15) is 0 Å². The lowest BCUT2D eigenvalue weighted by molar-refractivity contribution is 1.17. The molecular weight excluding hydrogens is 352 g/mol. The predicted molar refractivity (Wildman–Crippen MR) is 103 cm³/mol. The number of rotatable bonds is 2. The smallest absolute Gasteiger partial charge is 0.0382 e. The predicted octanol–water partition coefficient (Wildman–Crippen LogP) is 2.42. The van der Waals surface area contributed by atoms with Gasteiger partial charge in [0.05, 0.1) is 0 Å². The zero-order chi connectivity index (χ0) is 18.8. The first kappa shape index (κ1) is 16.0. The zero-order valence-electron chi connectivity index (χ0n) is 14.5. The lowest BCUT2D eigenvalue weighted by atomic mass is 10.3. The standard InChI is InChI=1S/C14H8N4.C6H4N4/c1-2-6-10-9(5-1)15-13(16-10)14-17-11-7-3-4-8-12(11)18-14;1-2-8-5(7-1)6-9-3-4-10-6/h1-8H;1-4H/q2*-2. The quantitative estimate of drug-likeness (QED) is 0.461. The summed E-state index contributed by atoms with van der Waals surface area (Å²) in [6.07, 6.45) is 6.47. The third-order valence-electron chi connectivity index (χ3n) is 3.99. The van der Waals surface area contributed by atoms with Crippen molar-refractivity contribution >= 4 is 22.1 Å². The normalized spacial score (nSPS) is 10.9. The van der Waals surface area contributed by atoms with Crippen LogP contribution in [0.4, 0.5) is 0 Å². The lowest BCUT2D eigenvalue weighted by Crippen LogP contribution is -1.85. The van der Waals surface area contributed by atoms with Crippen LogP contribution in [0.1, 0.15) is 0 Å². The van der Waals surface area contributed by atoms with Crippen molar-refractivity contribution in [3.05, 3.63) is 73.3 Å². The SMILES string of the molecule is c1c[n-]c(-c2ncc[n-]2)n1.c1ccc2[n-]c(-c3nc4ccccc4[n-]3)nc2c1. The van der Waals surface area contributed by atoms with Crippen LogP contribution in [0.5, 0.6) is 0 Å². The van der Waals surface area contributed by atoms with E-state index >= 15 is 0 Å². The average molecular weight is 364 g/mol. The molecule has 0 fully saturated rings. The molecule has 0 aliphatic carbocycles. The van der Waals surface area contributed by atoms with Crippen LogP contribution >= 0.6 is 0 Å². The number of imidazole rings is 4. The van der Waals surface area contributed by atoms with E-state index < -0.39 is 0 Å². The summed E-state index contributed by atoms with van der Waals surface area (Å²) in [5.41, 5.74) is 3.51. The van der Waals surface area contributed by atoms with Crippen molar-refractivity contribution in [1.82, 2.24) is 39.9 Å². The molecule has 0 radical (unpaired) electrons. The fourth-order valence-corrected chi connectivity index (χ4v) is 2.73. The highest BCUT2D eigenvalue weighted by molar-refractivity contribution is 5.81. The van der Waals surface area contributed by atoms with E-state index in [1.54, 1.807) is 24.8 Å². The maximum Gasteiger partial charge on any atom is -0.0382 e. The summed E-state index contributed by atoms with van der Waals surface area (Å²) < 4.78 is 0. The Balaban J connectivity index is 0.000000145. The molecule has 0 saturated heterocycles. The van der Waals surface area contributed by atoms with Crippen LogP contribution in [0.3, 0.4) is 0 Å². The Bertz CT molecular complexity index is 1140. The molecule has 0 atom stereocenters. The second-order valence-corrected chi connectivity index (χ2v) is 5.83. The minimum Gasteiger partial charge on any atom is -0.443 e. The van der Waals surface area contributed by atoms with Crippen LogP contribution in [-0.4, -0.2) is 19.9 Å². The highest BCUT2D eigenvalue weighted by atomic mass is 15.0. The number of fused-ring (bicyclic) bond motifs is 2. The van der Waals surface area contributed by atoms with Gasteiger partial charge in [0.2, 0.25) is 0 Å². The second-order valence-electron chi connectivity index (χ2n) is 5.83. The molecule has 0 aliphatic heterocycles. The molecule has 6 aromatic rings. The Morgan fingerprint density at radius 3 is 1.39 bits per heavy atom. The summed E-state index contributed by atoms with van der Waals surface area (Å²) in [5.74, 6) is 2.36. The third-order valence-corrected chi connectivity index (χ3v) is 3.99. The minimum absolute atomic E-state index is 0.588. The number of nitrogens with zero attached hydrogens (tertiary/aromatic N) is 8. The molecule has 0 spiro atoms. The summed E-state index contributed by atoms with van der Waals surface area (Å²) in [4.78, 5) is 33.5. The van der Waals surface area contributed by atoms with E-state index in [0.717, 1.165) is 22.1 Å². The van der Waals surface area contributed by atoms with Gasteiger partial charge in [0, 0.05) is 0 Å². The van der Waals surface area contributed by atoms with Crippen molar-refractivity contribution in [2.45, 2.75) is 0 Å². The van der Waals surface area contributed by atoms with Crippen molar-refractivity contribution < 1.29 is 0 Å². The largest absolute Gasteiger partial charge is 0.443 e. The number of hydrogen-bond donors (Lipinski definition) is 0. The van der Waals surface area contributed by atoms with Crippen molar-refractivity contribution in [2.24, 2.45) is 0 Å². The van der Waals surface area contributed by atoms with E-state index in [0.29, 0.717) is 23.3 Å². The highest BCUT2D eigenvalue weighted by Gasteiger charge is 1.93. The first-order valence-corrected chi connectivity index (χ1v) is 8.54. The Kier molecular flexibility index (Phi) is 3.91. The van der Waals surface area contributed by atoms with Crippen LogP contribution in [0, 0.1) is 0 Å². The minimum atomic E-state index is 0.588. The average Bonchev–Trinajstić information content (AvgIpc) is 3.54. The molecule has 0 saturated carbocycles. The van der Waals surface area contributed by atoms with Crippen LogP contribution in [-0.2, 0) is 0 Å². The molecular formula is C20H12N8-4. The highest BCUT2D eigenvalue weighted by Crippen LogP contribution is 2.19. The fraction of sp³-hybridized carbons (Fsp3) is 0. The molecule has 8 heteroatoms. The summed E-state index contributed by atoms with van der Waals surface area (Å²) in [7, 11) is 0. The van der Waals surface area contributed by atoms with E-state index in [1.165, 1.54) is 0 Å². The Hall–Kier alpha value is -4.20. The summed E-state index contributed by atoms with van der Waals surface area (Å²) in [5, 5.41) is 0. The van der Waals surface area contributed by atoms with E-state index in [2.05, 4.69) is 39.9 Å². The number of benzene rings is 2. The molecule has 6 rings (SSSR count). The molecule has 8 nitrogen and oxygen atoms in total. The summed E-state index contributed by atoms with van der Waals surface area (Å²) in [6.45, 7) is 0. The molecule has 0 aliphatic rings. The van der Waals surface area contributed by atoms with Gasteiger partial charge in [-0.15, -0.1) is 0 Å². The van der Waals surface area contributed by atoms with Crippen molar-refractivity contribution in [2.75, 3.05) is 0 Å². The molecule has 0 amide bonds. The maximum absolute atomic E-state index is 4.44. The van der Waals surface area contributed by atoms with Crippen LogP contribution in [0.25, 0.3) is 45.4 Å². The molecule has 4 aromatic heterocycles. The molecule has 28 heavy (non-hydrogen) atoms. The van der Waals surface area contributed by atoms with Crippen LogP contribution in [0.15, 0.2) is 73.3 Å². The lowest BCUT2D eigenvalue weighted by Gasteiger charge is -2.05. The van der Waals surface area contributed by atoms with Gasteiger partial charge in [-0.25, -0.2) is 0 Å². The van der Waals surface area contributed by atoms with E-state index in [1.807, 2.05) is 48.5 Å². The number of hydrogen-bond acceptors (Lipinski definition) is 4. The van der Waals surface area contributed by atoms with Gasteiger partial charge in [-0.1, -0.05) is 96.6 Å². The van der Waals surface area contributed by atoms with Gasteiger partial charge in [0.25, 0.3) is 0 Å². The Labute approximate surface area is 159 Å². The first-order chi connectivity index (χ1) is 13.9. The molecule has 136 valence electrons. The summed E-state index contributed by atoms with van der Waals surface area (Å²) >= 11 is 0. The first-order valence-electron chi connectivity index (χ1n) is 8.54. The van der Waals surface area contributed by atoms with Gasteiger partial charge in [-0.05, 0) is 22.1 Å². The molecule has 4 heterocycles. The monoisotopic (exact) mass is 364 g/mol. The van der Waals surface area contributed by atoms with E-state index in [-0.39, 0.29) is 0 Å². The van der Waals surface area contributed by atoms with Crippen LogP contribution < -0.4 is 19.9 Å². The second kappa shape index (κ2) is 6.84. The van der Waals surface area contributed by atoms with Crippen molar-refractivity contribution in [3.8, 4) is 23.3 Å². The Morgan fingerprint density at radius 2 is 1.00 bits per heavy atom. The third kappa shape index (κ3) is 3.03. The fourth-order valence-electron chi connectivity index (χ4n) is 2.73.